The fourth-order valence-corrected chi connectivity index (χ4v) is 17.2. The summed E-state index contributed by atoms with van der Waals surface area (Å²) in [4.78, 5) is 14.7. The Hall–Kier alpha value is -3.92. The van der Waals surface area contributed by atoms with Crippen molar-refractivity contribution >= 4 is 43.2 Å². The van der Waals surface area contributed by atoms with E-state index in [9.17, 15) is 9.90 Å². The van der Waals surface area contributed by atoms with E-state index in [1.807, 2.05) is 80.6 Å². The van der Waals surface area contributed by atoms with Crippen LogP contribution in [0.4, 0.5) is 0 Å². The second-order valence-electron chi connectivity index (χ2n) is 16.1. The molecule has 4 nitrogen and oxygen atoms in total. The van der Waals surface area contributed by atoms with E-state index in [1.54, 1.807) is 0 Å². The molecule has 0 amide bonds. The van der Waals surface area contributed by atoms with E-state index in [4.69, 9.17) is 8.85 Å². The fourth-order valence-electron chi connectivity index (χ4n) is 7.87. The van der Waals surface area contributed by atoms with E-state index >= 15 is 0 Å². The van der Waals surface area contributed by atoms with Gasteiger partial charge in [-0.3, -0.25) is 4.79 Å². The molecule has 0 bridgehead atoms. The SMILES string of the molecule is C[C@H](O[Si](c1ccccc1)(c1ccccc1)C(C)(C)C)C(=O)[C@H](C)[C@@H](O)[C@H](Cc1ccccc1)O[Si](c1ccccc1)(c1ccccc1)C(C)(C)C. The first kappa shape index (κ1) is 39.3. The van der Waals surface area contributed by atoms with E-state index in [1.165, 1.54) is 0 Å². The molecule has 1 N–H and O–H groups in total. The minimum atomic E-state index is -3.08. The van der Waals surface area contributed by atoms with Crippen LogP contribution in [0.15, 0.2) is 152 Å². The van der Waals surface area contributed by atoms with Crippen molar-refractivity contribution in [2.24, 2.45) is 5.92 Å². The van der Waals surface area contributed by atoms with Gasteiger partial charge in [0.15, 0.2) is 5.78 Å². The molecule has 0 spiro atoms. The van der Waals surface area contributed by atoms with Gasteiger partial charge in [-0.25, -0.2) is 0 Å². The van der Waals surface area contributed by atoms with Gasteiger partial charge in [-0.15, -0.1) is 0 Å². The number of carbonyl (C=O) groups excluding carboxylic acids is 1. The topological polar surface area (TPSA) is 55.8 Å². The van der Waals surface area contributed by atoms with Gasteiger partial charge in [-0.1, -0.05) is 200 Å². The highest BCUT2D eigenvalue weighted by molar-refractivity contribution is 7.00. The van der Waals surface area contributed by atoms with Gasteiger partial charge in [0.2, 0.25) is 0 Å². The van der Waals surface area contributed by atoms with E-state index in [0.717, 1.165) is 26.3 Å². The highest BCUT2D eigenvalue weighted by Crippen LogP contribution is 2.40. The average Bonchev–Trinajstić information content (AvgIpc) is 3.15. The van der Waals surface area contributed by atoms with Crippen molar-refractivity contribution in [2.45, 2.75) is 90.2 Å². The van der Waals surface area contributed by atoms with Crippen LogP contribution in [0.1, 0.15) is 61.0 Å². The predicted molar refractivity (Wildman–Crippen MR) is 221 cm³/mol. The van der Waals surface area contributed by atoms with E-state index in [2.05, 4.69) is 126 Å². The first-order valence-corrected chi connectivity index (χ1v) is 22.4. The molecule has 0 aromatic heterocycles. The van der Waals surface area contributed by atoms with E-state index in [0.29, 0.717) is 6.42 Å². The zero-order valence-corrected chi connectivity index (χ0v) is 34.1. The van der Waals surface area contributed by atoms with Gasteiger partial charge >= 0.3 is 0 Å². The van der Waals surface area contributed by atoms with Gasteiger partial charge in [0.05, 0.1) is 12.2 Å². The summed E-state index contributed by atoms with van der Waals surface area (Å²) in [6.45, 7) is 17.0. The molecule has 6 heteroatoms. The number of rotatable bonds is 14. The molecular weight excluding hydrogens is 673 g/mol. The molecule has 4 atom stereocenters. The van der Waals surface area contributed by atoms with Crippen molar-refractivity contribution in [1.29, 1.82) is 0 Å². The number of aliphatic hydroxyl groups excluding tert-OH is 1. The lowest BCUT2D eigenvalue weighted by Gasteiger charge is -2.47. The Morgan fingerprint density at radius 1 is 0.538 bits per heavy atom. The van der Waals surface area contributed by atoms with Crippen LogP contribution in [-0.4, -0.2) is 45.8 Å². The van der Waals surface area contributed by atoms with Gasteiger partial charge in [0.1, 0.15) is 6.10 Å². The normalized spacial score (nSPS) is 15.0. The Morgan fingerprint density at radius 3 is 1.17 bits per heavy atom. The predicted octanol–water partition coefficient (Wildman–Crippen LogP) is 7.71. The average molecular weight is 729 g/mol. The molecule has 0 aliphatic carbocycles. The molecule has 0 heterocycles. The standard InChI is InChI=1S/C46H56O4Si2/c1-35(43(47)36(2)49-51(45(3,4)5,38-26-16-10-17-27-38)39-28-18-11-19-29-39)44(48)42(34-37-24-14-9-15-25-37)50-52(46(6,7)8,40-30-20-12-21-31-40)41-32-22-13-23-33-41/h9-33,35-36,42,44,48H,34H2,1-8H3/t35-,36-,42-,44+/m0/s1. The van der Waals surface area contributed by atoms with Crippen LogP contribution in [0.3, 0.4) is 0 Å². The molecule has 5 rings (SSSR count). The molecule has 0 fully saturated rings. The van der Waals surface area contributed by atoms with Crippen molar-refractivity contribution in [3.05, 3.63) is 157 Å². The monoisotopic (exact) mass is 728 g/mol. The van der Waals surface area contributed by atoms with Crippen LogP contribution in [0.25, 0.3) is 0 Å². The number of benzene rings is 5. The Labute approximate surface area is 314 Å². The summed E-state index contributed by atoms with van der Waals surface area (Å²) in [7, 11) is -6.11. The van der Waals surface area contributed by atoms with Crippen LogP contribution in [0.5, 0.6) is 0 Å². The first-order chi connectivity index (χ1) is 24.7. The van der Waals surface area contributed by atoms with Gasteiger partial charge in [0, 0.05) is 5.92 Å². The second-order valence-corrected chi connectivity index (χ2v) is 24.6. The lowest BCUT2D eigenvalue weighted by molar-refractivity contribution is -0.135. The second kappa shape index (κ2) is 16.4. The Bertz CT molecular complexity index is 1760. The van der Waals surface area contributed by atoms with Crippen molar-refractivity contribution in [3.63, 3.8) is 0 Å². The van der Waals surface area contributed by atoms with Crippen molar-refractivity contribution in [2.75, 3.05) is 0 Å². The first-order valence-electron chi connectivity index (χ1n) is 18.6. The quantitative estimate of drug-likeness (QED) is 0.119. The highest BCUT2D eigenvalue weighted by atomic mass is 28.4. The highest BCUT2D eigenvalue weighted by Gasteiger charge is 2.54. The molecule has 0 saturated carbocycles. The molecule has 272 valence electrons. The number of hydrogen-bond donors (Lipinski definition) is 1. The summed E-state index contributed by atoms with van der Waals surface area (Å²) in [5.41, 5.74) is 1.04. The molecular formula is C46H56O4Si2. The maximum Gasteiger partial charge on any atom is 0.262 e. The van der Waals surface area contributed by atoms with E-state index < -0.39 is 40.9 Å². The fraction of sp³-hybridized carbons (Fsp3) is 0.326. The van der Waals surface area contributed by atoms with Crippen LogP contribution in [-0.2, 0) is 20.1 Å². The van der Waals surface area contributed by atoms with Crippen LogP contribution in [0.2, 0.25) is 10.1 Å². The zero-order valence-electron chi connectivity index (χ0n) is 32.1. The van der Waals surface area contributed by atoms with E-state index in [-0.39, 0.29) is 15.9 Å². The number of ketones is 1. The van der Waals surface area contributed by atoms with Crippen molar-refractivity contribution < 1.29 is 18.8 Å². The number of aliphatic hydroxyl groups is 1. The molecule has 0 aliphatic rings. The molecule has 5 aromatic rings. The summed E-state index contributed by atoms with van der Waals surface area (Å²) in [6, 6.07) is 51.8. The Kier molecular flexibility index (Phi) is 12.4. The summed E-state index contributed by atoms with van der Waals surface area (Å²) in [5, 5.41) is 16.4. The third-order valence-corrected chi connectivity index (χ3v) is 20.7. The molecule has 52 heavy (non-hydrogen) atoms. The lowest BCUT2D eigenvalue weighted by atomic mass is 9.90. The maximum atomic E-state index is 14.7. The maximum absolute atomic E-state index is 14.7. The van der Waals surface area contributed by atoms with Gasteiger partial charge in [-0.2, -0.15) is 0 Å². The third kappa shape index (κ3) is 8.02. The molecule has 0 saturated heterocycles. The summed E-state index contributed by atoms with van der Waals surface area (Å²) < 4.78 is 14.8. The van der Waals surface area contributed by atoms with Crippen molar-refractivity contribution in [3.8, 4) is 0 Å². The Balaban J connectivity index is 1.57. The minimum Gasteiger partial charge on any atom is -0.401 e. The summed E-state index contributed by atoms with van der Waals surface area (Å²) in [5.74, 6) is -0.898. The largest absolute Gasteiger partial charge is 0.401 e. The molecule has 0 unspecified atom stereocenters. The molecule has 0 aliphatic heterocycles. The number of carbonyl (C=O) groups is 1. The zero-order chi connectivity index (χ0) is 37.6. The van der Waals surface area contributed by atoms with Gasteiger partial charge in [-0.05, 0) is 49.7 Å². The summed E-state index contributed by atoms with van der Waals surface area (Å²) in [6.07, 6.45) is -2.10. The van der Waals surface area contributed by atoms with Crippen LogP contribution in [0, 0.1) is 5.92 Å². The van der Waals surface area contributed by atoms with Crippen molar-refractivity contribution in [1.82, 2.24) is 0 Å². The minimum absolute atomic E-state index is 0.135. The number of Topliss-reactive ketones (excluding diaryl/α,β-unsaturated/α-hetero) is 1. The number of hydrogen-bond acceptors (Lipinski definition) is 4. The smallest absolute Gasteiger partial charge is 0.262 e. The third-order valence-electron chi connectivity index (χ3n) is 10.5. The Morgan fingerprint density at radius 2 is 0.846 bits per heavy atom. The van der Waals surface area contributed by atoms with Gasteiger partial charge in [0.25, 0.3) is 16.6 Å². The summed E-state index contributed by atoms with van der Waals surface area (Å²) >= 11 is 0. The lowest BCUT2D eigenvalue weighted by Crippen LogP contribution is -2.69. The van der Waals surface area contributed by atoms with Crippen LogP contribution < -0.4 is 20.7 Å². The molecule has 5 aromatic carbocycles. The van der Waals surface area contributed by atoms with Gasteiger partial charge < -0.3 is 14.0 Å². The van der Waals surface area contributed by atoms with Crippen LogP contribution >= 0.6 is 0 Å². The molecule has 0 radical (unpaired) electrons.